The molecule has 1 unspecified atom stereocenters. The van der Waals surface area contributed by atoms with Gasteiger partial charge in [0.1, 0.15) is 18.1 Å². The summed E-state index contributed by atoms with van der Waals surface area (Å²) in [6.45, 7) is 2.27. The van der Waals surface area contributed by atoms with Crippen LogP contribution in [-0.4, -0.2) is 31.3 Å². The number of nitrogens with zero attached hydrogens (tertiary/aromatic N) is 1. The summed E-state index contributed by atoms with van der Waals surface area (Å²) < 4.78 is 21.3. The minimum absolute atomic E-state index is 0.00898. The Morgan fingerprint density at radius 1 is 1.32 bits per heavy atom. The fourth-order valence-corrected chi connectivity index (χ4v) is 2.82. The van der Waals surface area contributed by atoms with E-state index in [1.807, 2.05) is 24.3 Å². The van der Waals surface area contributed by atoms with Crippen molar-refractivity contribution in [2.45, 2.75) is 32.5 Å². The molecule has 1 aliphatic heterocycles. The van der Waals surface area contributed by atoms with Crippen molar-refractivity contribution in [2.75, 3.05) is 20.3 Å². The molecular weight excluding hydrogens is 322 g/mol. The number of benzene rings is 1. The number of methoxy groups -OCH3 is 1. The van der Waals surface area contributed by atoms with Gasteiger partial charge < -0.3 is 18.7 Å². The summed E-state index contributed by atoms with van der Waals surface area (Å²) in [6.07, 6.45) is 2.35. The Kier molecular flexibility index (Phi) is 6.19. The van der Waals surface area contributed by atoms with Crippen LogP contribution in [0.25, 0.3) is 0 Å². The molecule has 2 heterocycles. The van der Waals surface area contributed by atoms with Crippen molar-refractivity contribution in [1.82, 2.24) is 5.16 Å². The highest BCUT2D eigenvalue weighted by molar-refractivity contribution is 5.94. The zero-order valence-corrected chi connectivity index (χ0v) is 14.4. The predicted octanol–water partition coefficient (Wildman–Crippen LogP) is 3.40. The van der Waals surface area contributed by atoms with Crippen LogP contribution in [0.3, 0.4) is 0 Å². The molecule has 6 heteroatoms. The molecule has 0 amide bonds. The Morgan fingerprint density at radius 2 is 2.24 bits per heavy atom. The first-order valence-electron chi connectivity index (χ1n) is 8.52. The maximum atomic E-state index is 12.2. The van der Waals surface area contributed by atoms with Crippen LogP contribution >= 0.6 is 0 Å². The molecule has 0 spiro atoms. The Balaban J connectivity index is 1.43. The molecule has 1 atom stereocenters. The van der Waals surface area contributed by atoms with E-state index in [2.05, 4.69) is 5.16 Å². The normalized spacial score (nSPS) is 16.9. The number of rotatable bonds is 9. The van der Waals surface area contributed by atoms with E-state index in [0.717, 1.165) is 37.4 Å². The van der Waals surface area contributed by atoms with E-state index in [-0.39, 0.29) is 12.4 Å². The zero-order valence-electron chi connectivity index (χ0n) is 14.4. The molecule has 25 heavy (non-hydrogen) atoms. The number of Topliss-reactive ketones (excluding diaryl/α,β-unsaturated/α-hetero) is 1. The molecule has 1 aromatic carbocycles. The largest absolute Gasteiger partial charge is 0.497 e. The monoisotopic (exact) mass is 345 g/mol. The van der Waals surface area contributed by atoms with Gasteiger partial charge in [0.25, 0.3) is 0 Å². The highest BCUT2D eigenvalue weighted by Crippen LogP contribution is 2.20. The molecule has 1 aliphatic rings. The van der Waals surface area contributed by atoms with E-state index in [1.165, 1.54) is 0 Å². The van der Waals surface area contributed by atoms with Gasteiger partial charge in [0.05, 0.1) is 13.7 Å². The van der Waals surface area contributed by atoms with Crippen LogP contribution < -0.4 is 4.74 Å². The molecule has 0 radical (unpaired) electrons. The van der Waals surface area contributed by atoms with Gasteiger partial charge in [-0.15, -0.1) is 0 Å². The molecule has 3 rings (SSSR count). The summed E-state index contributed by atoms with van der Waals surface area (Å²) in [7, 11) is 1.63. The lowest BCUT2D eigenvalue weighted by molar-refractivity contribution is 0.0878. The lowest BCUT2D eigenvalue weighted by Crippen LogP contribution is -2.05. The zero-order chi connectivity index (χ0) is 17.5. The van der Waals surface area contributed by atoms with Gasteiger partial charge in [-0.1, -0.05) is 17.3 Å². The fourth-order valence-electron chi connectivity index (χ4n) is 2.82. The molecule has 0 aliphatic carbocycles. The summed E-state index contributed by atoms with van der Waals surface area (Å²) >= 11 is 0. The van der Waals surface area contributed by atoms with Gasteiger partial charge in [0, 0.05) is 25.7 Å². The summed E-state index contributed by atoms with van der Waals surface area (Å²) in [5.74, 6) is 1.84. The van der Waals surface area contributed by atoms with Gasteiger partial charge in [0.15, 0.2) is 11.5 Å². The minimum Gasteiger partial charge on any atom is -0.497 e. The summed E-state index contributed by atoms with van der Waals surface area (Å²) in [4.78, 5) is 12.2. The van der Waals surface area contributed by atoms with Crippen LogP contribution in [0.15, 0.2) is 34.9 Å². The predicted molar refractivity (Wildman–Crippen MR) is 90.5 cm³/mol. The number of carbonyl (C=O) groups is 1. The number of hydrogen-bond donors (Lipinski definition) is 0. The second-order valence-electron chi connectivity index (χ2n) is 6.21. The van der Waals surface area contributed by atoms with Gasteiger partial charge in [0.2, 0.25) is 0 Å². The van der Waals surface area contributed by atoms with E-state index in [9.17, 15) is 4.79 Å². The van der Waals surface area contributed by atoms with Crippen molar-refractivity contribution < 1.29 is 23.5 Å². The number of ether oxygens (including phenoxy) is 3. The quantitative estimate of drug-likeness (QED) is 0.649. The standard InChI is InChI=1S/C19H23NO5/c1-22-16-4-2-3-15(9-16)12-24-13-17-10-18(20-25-17)19(21)6-5-14-7-8-23-11-14/h2-4,9-10,14H,5-8,11-13H2,1H3. The maximum Gasteiger partial charge on any atom is 0.184 e. The van der Waals surface area contributed by atoms with Gasteiger partial charge in [-0.05, 0) is 36.5 Å². The number of carbonyl (C=O) groups excluding carboxylic acids is 1. The second-order valence-corrected chi connectivity index (χ2v) is 6.21. The highest BCUT2D eigenvalue weighted by atomic mass is 16.5. The van der Waals surface area contributed by atoms with Crippen molar-refractivity contribution in [3.63, 3.8) is 0 Å². The molecule has 2 aromatic rings. The third-order valence-corrected chi connectivity index (χ3v) is 4.30. The molecule has 1 fully saturated rings. The van der Waals surface area contributed by atoms with Crippen LogP contribution in [0.2, 0.25) is 0 Å². The Hall–Kier alpha value is -2.18. The first-order valence-corrected chi connectivity index (χ1v) is 8.52. The minimum atomic E-state index is 0.00898. The fraction of sp³-hybridized carbons (Fsp3) is 0.474. The van der Waals surface area contributed by atoms with E-state index < -0.39 is 0 Å². The first kappa shape index (κ1) is 17.6. The Labute approximate surface area is 147 Å². The van der Waals surface area contributed by atoms with E-state index >= 15 is 0 Å². The summed E-state index contributed by atoms with van der Waals surface area (Å²) in [5, 5.41) is 3.86. The molecule has 0 saturated carbocycles. The molecule has 1 aromatic heterocycles. The van der Waals surface area contributed by atoms with Crippen LogP contribution in [0.5, 0.6) is 5.75 Å². The van der Waals surface area contributed by atoms with Crippen molar-refractivity contribution in [3.8, 4) is 5.75 Å². The van der Waals surface area contributed by atoms with E-state index in [0.29, 0.717) is 30.4 Å². The van der Waals surface area contributed by atoms with Gasteiger partial charge in [-0.2, -0.15) is 0 Å². The maximum absolute atomic E-state index is 12.2. The van der Waals surface area contributed by atoms with Gasteiger partial charge >= 0.3 is 0 Å². The number of hydrogen-bond acceptors (Lipinski definition) is 6. The second kappa shape index (κ2) is 8.78. The summed E-state index contributed by atoms with van der Waals surface area (Å²) in [5.41, 5.74) is 1.38. The first-order chi connectivity index (χ1) is 12.2. The third-order valence-electron chi connectivity index (χ3n) is 4.30. The molecule has 0 N–H and O–H groups in total. The Bertz CT molecular complexity index is 691. The third kappa shape index (κ3) is 5.14. The van der Waals surface area contributed by atoms with Crippen LogP contribution in [0.1, 0.15) is 41.1 Å². The van der Waals surface area contributed by atoms with E-state index in [4.69, 9.17) is 18.7 Å². The molecule has 1 saturated heterocycles. The molecule has 6 nitrogen and oxygen atoms in total. The SMILES string of the molecule is COc1cccc(COCc2cc(C(=O)CCC3CCOC3)no2)c1. The number of aromatic nitrogens is 1. The Morgan fingerprint density at radius 3 is 3.04 bits per heavy atom. The lowest BCUT2D eigenvalue weighted by Gasteiger charge is -2.04. The average Bonchev–Trinajstić information content (AvgIpc) is 3.32. The molecular formula is C19H23NO5. The molecule has 0 bridgehead atoms. The lowest BCUT2D eigenvalue weighted by atomic mass is 10.00. The van der Waals surface area contributed by atoms with Gasteiger partial charge in [-0.3, -0.25) is 4.79 Å². The smallest absolute Gasteiger partial charge is 0.184 e. The topological polar surface area (TPSA) is 70.8 Å². The van der Waals surface area contributed by atoms with Crippen LogP contribution in [-0.2, 0) is 22.7 Å². The van der Waals surface area contributed by atoms with Crippen molar-refractivity contribution >= 4 is 5.78 Å². The van der Waals surface area contributed by atoms with Crippen LogP contribution in [0.4, 0.5) is 0 Å². The van der Waals surface area contributed by atoms with Crippen molar-refractivity contribution in [2.24, 2.45) is 5.92 Å². The highest BCUT2D eigenvalue weighted by Gasteiger charge is 2.19. The summed E-state index contributed by atoms with van der Waals surface area (Å²) in [6, 6.07) is 9.35. The van der Waals surface area contributed by atoms with Crippen molar-refractivity contribution in [1.29, 1.82) is 0 Å². The molecule has 134 valence electrons. The van der Waals surface area contributed by atoms with E-state index in [1.54, 1.807) is 13.2 Å². The number of ketones is 1. The average molecular weight is 345 g/mol. The van der Waals surface area contributed by atoms with Crippen molar-refractivity contribution in [3.05, 3.63) is 47.3 Å². The van der Waals surface area contributed by atoms with Crippen LogP contribution in [0, 0.1) is 5.92 Å². The van der Waals surface area contributed by atoms with Gasteiger partial charge in [-0.25, -0.2) is 0 Å².